The molecule has 0 amide bonds. The van der Waals surface area contributed by atoms with Crippen molar-refractivity contribution in [2.24, 2.45) is 5.73 Å². The zero-order chi connectivity index (χ0) is 14.0. The quantitative estimate of drug-likeness (QED) is 0.812. The fourth-order valence-corrected chi connectivity index (χ4v) is 3.80. The van der Waals surface area contributed by atoms with Crippen molar-refractivity contribution < 1.29 is 13.2 Å². The summed E-state index contributed by atoms with van der Waals surface area (Å²) in [4.78, 5) is 3.96. The maximum Gasteiger partial charge on any atom is 0.242 e. The Hall–Kier alpha value is -0.540. The zero-order valence-electron chi connectivity index (χ0n) is 10.4. The second-order valence-electron chi connectivity index (χ2n) is 4.38. The predicted molar refractivity (Wildman–Crippen MR) is 74.1 cm³/mol. The van der Waals surface area contributed by atoms with Crippen molar-refractivity contribution in [3.8, 4) is 0 Å². The fraction of sp³-hybridized carbons (Fsp3) is 0.545. The molecule has 1 heterocycles. The predicted octanol–water partition coefficient (Wildman–Crippen LogP) is 0.627. The highest BCUT2D eigenvalue weighted by Crippen LogP contribution is 2.25. The Bertz CT molecular complexity index is 550. The minimum atomic E-state index is -3.63. The van der Waals surface area contributed by atoms with Crippen LogP contribution in [0, 0.1) is 0 Å². The third-order valence-corrected chi connectivity index (χ3v) is 4.89. The van der Waals surface area contributed by atoms with Crippen molar-refractivity contribution in [3.63, 3.8) is 0 Å². The smallest absolute Gasteiger partial charge is 0.242 e. The number of rotatable bonds is 5. The summed E-state index contributed by atoms with van der Waals surface area (Å²) in [6.07, 6.45) is 3.33. The van der Waals surface area contributed by atoms with E-state index in [2.05, 4.69) is 25.6 Å². The molecule has 106 valence electrons. The number of hydrogen-bond acceptors (Lipinski definition) is 5. The van der Waals surface area contributed by atoms with E-state index in [0.29, 0.717) is 17.5 Å². The van der Waals surface area contributed by atoms with Crippen LogP contribution in [0.2, 0.25) is 0 Å². The van der Waals surface area contributed by atoms with Gasteiger partial charge in [-0.15, -0.1) is 0 Å². The van der Waals surface area contributed by atoms with Crippen LogP contribution < -0.4 is 10.5 Å². The van der Waals surface area contributed by atoms with Gasteiger partial charge in [-0.05, 0) is 35.3 Å². The van der Waals surface area contributed by atoms with Gasteiger partial charge in [-0.2, -0.15) is 0 Å². The maximum atomic E-state index is 12.2. The van der Waals surface area contributed by atoms with Gasteiger partial charge >= 0.3 is 0 Å². The van der Waals surface area contributed by atoms with Crippen LogP contribution in [0.5, 0.6) is 0 Å². The molecule has 19 heavy (non-hydrogen) atoms. The maximum absolute atomic E-state index is 12.2. The van der Waals surface area contributed by atoms with Gasteiger partial charge in [0.1, 0.15) is 4.90 Å². The number of pyridine rings is 1. The molecule has 1 saturated carbocycles. The molecule has 3 N–H and O–H groups in total. The summed E-state index contributed by atoms with van der Waals surface area (Å²) in [5.74, 6) is 0. The summed E-state index contributed by atoms with van der Waals surface area (Å²) in [5.41, 5.74) is 5.83. The van der Waals surface area contributed by atoms with Crippen molar-refractivity contribution >= 4 is 26.0 Å². The Balaban J connectivity index is 2.13. The number of nitrogens with two attached hydrogens (primary N) is 1. The molecule has 0 aliphatic heterocycles. The normalized spacial score (nSPS) is 27.0. The van der Waals surface area contributed by atoms with Crippen LogP contribution in [0.15, 0.2) is 27.8 Å². The Morgan fingerprint density at radius 2 is 2.32 bits per heavy atom. The van der Waals surface area contributed by atoms with Gasteiger partial charge in [-0.1, -0.05) is 0 Å². The number of nitrogens with one attached hydrogen (secondary N) is 1. The van der Waals surface area contributed by atoms with Crippen molar-refractivity contribution in [2.45, 2.75) is 36.4 Å². The first-order valence-electron chi connectivity index (χ1n) is 5.94. The first-order chi connectivity index (χ1) is 8.94. The summed E-state index contributed by atoms with van der Waals surface area (Å²) < 4.78 is 33.0. The second-order valence-corrected chi connectivity index (χ2v) is 7.01. The Morgan fingerprint density at radius 1 is 1.58 bits per heavy atom. The minimum Gasteiger partial charge on any atom is -0.377 e. The van der Waals surface area contributed by atoms with Gasteiger partial charge in [0.15, 0.2) is 0 Å². The van der Waals surface area contributed by atoms with Gasteiger partial charge in [0.05, 0.1) is 12.1 Å². The molecular weight excluding hydrogens is 334 g/mol. The molecule has 0 aromatic carbocycles. The van der Waals surface area contributed by atoms with Crippen LogP contribution in [0.4, 0.5) is 0 Å². The Kier molecular flexibility index (Phi) is 4.57. The molecule has 0 bridgehead atoms. The molecule has 6 nitrogen and oxygen atoms in total. The number of sulfonamides is 1. The highest BCUT2D eigenvalue weighted by Gasteiger charge is 2.42. The molecule has 1 aromatic rings. The summed E-state index contributed by atoms with van der Waals surface area (Å²) in [6.45, 7) is 2.40. The van der Waals surface area contributed by atoms with E-state index in [1.165, 1.54) is 18.5 Å². The molecule has 1 aromatic heterocycles. The van der Waals surface area contributed by atoms with Gasteiger partial charge < -0.3 is 10.5 Å². The largest absolute Gasteiger partial charge is 0.377 e. The first-order valence-corrected chi connectivity index (χ1v) is 8.21. The number of halogens is 1. The van der Waals surface area contributed by atoms with Crippen LogP contribution in [-0.2, 0) is 14.8 Å². The van der Waals surface area contributed by atoms with E-state index in [9.17, 15) is 8.42 Å². The lowest BCUT2D eigenvalue weighted by Crippen LogP contribution is -2.64. The van der Waals surface area contributed by atoms with Gasteiger partial charge in [-0.3, -0.25) is 4.98 Å². The first kappa shape index (κ1) is 14.9. The highest BCUT2D eigenvalue weighted by molar-refractivity contribution is 9.10. The minimum absolute atomic E-state index is 0.108. The number of ether oxygens (including phenoxy) is 1. The monoisotopic (exact) mass is 349 g/mol. The lowest BCUT2D eigenvalue weighted by atomic mass is 9.84. The average Bonchev–Trinajstić information content (AvgIpc) is 2.36. The number of hydrogen-bond donors (Lipinski definition) is 2. The van der Waals surface area contributed by atoms with Crippen molar-refractivity contribution in [3.05, 3.63) is 22.9 Å². The third kappa shape index (κ3) is 3.32. The molecular formula is C11H16BrN3O3S. The van der Waals surface area contributed by atoms with E-state index < -0.39 is 10.0 Å². The van der Waals surface area contributed by atoms with Gasteiger partial charge in [0.25, 0.3) is 0 Å². The molecule has 0 spiro atoms. The Labute approximate surface area is 120 Å². The highest BCUT2D eigenvalue weighted by atomic mass is 79.9. The average molecular weight is 350 g/mol. The van der Waals surface area contributed by atoms with E-state index in [1.54, 1.807) is 0 Å². The van der Waals surface area contributed by atoms with E-state index in [-0.39, 0.29) is 23.1 Å². The third-order valence-electron chi connectivity index (χ3n) is 3.03. The standard InChI is InChI=1S/C11H16BrN3O3S/c1-2-18-10-4-9(13)11(10)15-19(16,17)8-3-7(12)5-14-6-8/h3,5-6,9-11,15H,2,4,13H2,1H3. The molecule has 0 radical (unpaired) electrons. The topological polar surface area (TPSA) is 94.3 Å². The lowest BCUT2D eigenvalue weighted by molar-refractivity contribution is -0.0248. The van der Waals surface area contributed by atoms with Crippen molar-refractivity contribution in [1.82, 2.24) is 9.71 Å². The van der Waals surface area contributed by atoms with Crippen LogP contribution >= 0.6 is 15.9 Å². The summed E-state index contributed by atoms with van der Waals surface area (Å²) in [6, 6.07) is 0.894. The summed E-state index contributed by atoms with van der Waals surface area (Å²) >= 11 is 3.20. The van der Waals surface area contributed by atoms with Gasteiger partial charge in [-0.25, -0.2) is 13.1 Å². The van der Waals surface area contributed by atoms with E-state index in [1.807, 2.05) is 6.92 Å². The van der Waals surface area contributed by atoms with E-state index in [4.69, 9.17) is 10.5 Å². The van der Waals surface area contributed by atoms with Gasteiger partial charge in [0, 0.05) is 29.5 Å². The van der Waals surface area contributed by atoms with Crippen LogP contribution in [0.25, 0.3) is 0 Å². The molecule has 1 fully saturated rings. The summed E-state index contributed by atoms with van der Waals surface area (Å²) in [7, 11) is -3.63. The van der Waals surface area contributed by atoms with Crippen LogP contribution in [0.3, 0.4) is 0 Å². The SMILES string of the molecule is CCOC1CC(N)C1NS(=O)(=O)c1cncc(Br)c1. The molecule has 1 aliphatic rings. The van der Waals surface area contributed by atoms with Crippen molar-refractivity contribution in [1.29, 1.82) is 0 Å². The summed E-state index contributed by atoms with van der Waals surface area (Å²) in [5, 5.41) is 0. The second kappa shape index (κ2) is 5.84. The lowest BCUT2D eigenvalue weighted by Gasteiger charge is -2.42. The van der Waals surface area contributed by atoms with Gasteiger partial charge in [0.2, 0.25) is 10.0 Å². The molecule has 3 unspecified atom stereocenters. The molecule has 1 aliphatic carbocycles. The molecule has 8 heteroatoms. The molecule has 0 saturated heterocycles. The van der Waals surface area contributed by atoms with Crippen molar-refractivity contribution in [2.75, 3.05) is 6.61 Å². The fourth-order valence-electron chi connectivity index (χ4n) is 1.98. The van der Waals surface area contributed by atoms with Crippen LogP contribution in [-0.4, -0.2) is 38.2 Å². The zero-order valence-corrected chi connectivity index (χ0v) is 12.8. The van der Waals surface area contributed by atoms with E-state index >= 15 is 0 Å². The molecule has 2 rings (SSSR count). The van der Waals surface area contributed by atoms with Crippen LogP contribution in [0.1, 0.15) is 13.3 Å². The number of aromatic nitrogens is 1. The number of nitrogens with zero attached hydrogens (tertiary/aromatic N) is 1. The molecule has 3 atom stereocenters. The van der Waals surface area contributed by atoms with E-state index in [0.717, 1.165) is 0 Å². The Morgan fingerprint density at radius 3 is 2.89 bits per heavy atom.